The molecule has 0 amide bonds. The first-order valence-corrected chi connectivity index (χ1v) is 6.73. The molecule has 3 aromatic rings. The van der Waals surface area contributed by atoms with E-state index in [1.54, 1.807) is 0 Å². The lowest BCUT2D eigenvalue weighted by Crippen LogP contribution is -1.83. The quantitative estimate of drug-likeness (QED) is 0.561. The molecule has 0 N–H and O–H groups in total. The number of halogens is 1. The highest BCUT2D eigenvalue weighted by molar-refractivity contribution is 9.10. The molecule has 0 unspecified atom stereocenters. The van der Waals surface area contributed by atoms with Gasteiger partial charge in [-0.15, -0.1) is 0 Å². The van der Waals surface area contributed by atoms with Gasteiger partial charge < -0.3 is 0 Å². The molecule has 0 aliphatic carbocycles. The van der Waals surface area contributed by atoms with Crippen molar-refractivity contribution >= 4 is 26.7 Å². The third kappa shape index (κ3) is 2.52. The molecular formula is C17H10BrN. The van der Waals surface area contributed by atoms with Crippen molar-refractivity contribution in [3.05, 3.63) is 76.5 Å². The zero-order chi connectivity index (χ0) is 13.1. The van der Waals surface area contributed by atoms with E-state index in [2.05, 4.69) is 38.8 Å². The van der Waals surface area contributed by atoms with Crippen LogP contribution < -0.4 is 0 Å². The SMILES string of the molecule is Brc1ccccc1C#Cc1cncc2ccccc12. The van der Waals surface area contributed by atoms with Gasteiger partial charge in [-0.05, 0) is 28.1 Å². The molecule has 1 heterocycles. The summed E-state index contributed by atoms with van der Waals surface area (Å²) >= 11 is 3.50. The van der Waals surface area contributed by atoms with Crippen LogP contribution in [0.2, 0.25) is 0 Å². The summed E-state index contributed by atoms with van der Waals surface area (Å²) in [4.78, 5) is 4.23. The van der Waals surface area contributed by atoms with E-state index in [4.69, 9.17) is 0 Å². The zero-order valence-corrected chi connectivity index (χ0v) is 11.7. The average molecular weight is 308 g/mol. The molecule has 0 atom stereocenters. The number of benzene rings is 2. The fraction of sp³-hybridized carbons (Fsp3) is 0. The molecule has 0 aliphatic heterocycles. The van der Waals surface area contributed by atoms with E-state index in [0.29, 0.717) is 0 Å². The van der Waals surface area contributed by atoms with Gasteiger partial charge in [-0.2, -0.15) is 0 Å². The van der Waals surface area contributed by atoms with Crippen molar-refractivity contribution in [2.75, 3.05) is 0 Å². The molecule has 0 saturated carbocycles. The number of fused-ring (bicyclic) bond motifs is 1. The van der Waals surface area contributed by atoms with E-state index < -0.39 is 0 Å². The van der Waals surface area contributed by atoms with Crippen LogP contribution in [0.3, 0.4) is 0 Å². The highest BCUT2D eigenvalue weighted by Gasteiger charge is 1.98. The topological polar surface area (TPSA) is 12.9 Å². The molecule has 19 heavy (non-hydrogen) atoms. The van der Waals surface area contributed by atoms with Crippen LogP contribution >= 0.6 is 15.9 Å². The summed E-state index contributed by atoms with van der Waals surface area (Å²) in [6, 6.07) is 16.1. The number of aromatic nitrogens is 1. The van der Waals surface area contributed by atoms with E-state index in [0.717, 1.165) is 26.4 Å². The molecular weight excluding hydrogens is 298 g/mol. The third-order valence-electron chi connectivity index (χ3n) is 2.87. The maximum atomic E-state index is 4.23. The van der Waals surface area contributed by atoms with Crippen molar-refractivity contribution in [2.45, 2.75) is 0 Å². The van der Waals surface area contributed by atoms with Crippen LogP contribution in [-0.4, -0.2) is 4.98 Å². The molecule has 0 radical (unpaired) electrons. The molecule has 0 bridgehead atoms. The normalized spacial score (nSPS) is 9.95. The molecule has 0 aliphatic rings. The van der Waals surface area contributed by atoms with Crippen LogP contribution in [0, 0.1) is 11.8 Å². The molecule has 0 spiro atoms. The number of rotatable bonds is 0. The van der Waals surface area contributed by atoms with Crippen molar-refractivity contribution in [1.29, 1.82) is 0 Å². The van der Waals surface area contributed by atoms with Gasteiger partial charge in [0.25, 0.3) is 0 Å². The molecule has 1 aromatic heterocycles. The third-order valence-corrected chi connectivity index (χ3v) is 3.57. The Balaban J connectivity index is 2.11. The van der Waals surface area contributed by atoms with Gasteiger partial charge >= 0.3 is 0 Å². The number of pyridine rings is 1. The maximum Gasteiger partial charge on any atom is 0.0510 e. The Morgan fingerprint density at radius 3 is 2.42 bits per heavy atom. The van der Waals surface area contributed by atoms with Crippen LogP contribution in [0.1, 0.15) is 11.1 Å². The summed E-state index contributed by atoms with van der Waals surface area (Å²) < 4.78 is 1.01. The minimum Gasteiger partial charge on any atom is -0.263 e. The largest absolute Gasteiger partial charge is 0.263 e. The lowest BCUT2D eigenvalue weighted by molar-refractivity contribution is 1.35. The Kier molecular flexibility index (Phi) is 3.31. The van der Waals surface area contributed by atoms with Crippen LogP contribution in [-0.2, 0) is 0 Å². The molecule has 90 valence electrons. The van der Waals surface area contributed by atoms with Crippen molar-refractivity contribution < 1.29 is 0 Å². The van der Waals surface area contributed by atoms with Gasteiger partial charge in [0, 0.05) is 33.2 Å². The summed E-state index contributed by atoms with van der Waals surface area (Å²) in [6.07, 6.45) is 3.67. The van der Waals surface area contributed by atoms with Gasteiger partial charge in [0.2, 0.25) is 0 Å². The van der Waals surface area contributed by atoms with E-state index >= 15 is 0 Å². The summed E-state index contributed by atoms with van der Waals surface area (Å²) in [6.45, 7) is 0. The Morgan fingerprint density at radius 2 is 1.53 bits per heavy atom. The molecule has 2 heteroatoms. The number of hydrogen-bond donors (Lipinski definition) is 0. The Hall–Kier alpha value is -2.11. The predicted octanol–water partition coefficient (Wildman–Crippen LogP) is 4.40. The van der Waals surface area contributed by atoms with Crippen molar-refractivity contribution in [1.82, 2.24) is 4.98 Å². The van der Waals surface area contributed by atoms with Crippen LogP contribution in [0.4, 0.5) is 0 Å². The van der Waals surface area contributed by atoms with Gasteiger partial charge in [-0.3, -0.25) is 4.98 Å². The van der Waals surface area contributed by atoms with Gasteiger partial charge in [-0.1, -0.05) is 48.2 Å². The van der Waals surface area contributed by atoms with Gasteiger partial charge in [0.1, 0.15) is 0 Å². The Bertz CT molecular complexity index is 791. The lowest BCUT2D eigenvalue weighted by atomic mass is 10.1. The second-order valence-corrected chi connectivity index (χ2v) is 4.99. The standard InChI is InChI=1S/C17H10BrN/c18-17-8-4-2-5-13(17)9-10-15-12-19-11-14-6-1-3-7-16(14)15/h1-8,11-12H. The van der Waals surface area contributed by atoms with Crippen LogP contribution in [0.15, 0.2) is 65.4 Å². The maximum absolute atomic E-state index is 4.23. The van der Waals surface area contributed by atoms with Crippen molar-refractivity contribution in [3.63, 3.8) is 0 Å². The lowest BCUT2D eigenvalue weighted by Gasteiger charge is -1.99. The second kappa shape index (κ2) is 5.26. The van der Waals surface area contributed by atoms with Crippen molar-refractivity contribution in [2.24, 2.45) is 0 Å². The first-order chi connectivity index (χ1) is 9.34. The minimum atomic E-state index is 0.953. The van der Waals surface area contributed by atoms with E-state index in [-0.39, 0.29) is 0 Å². The van der Waals surface area contributed by atoms with Gasteiger partial charge in [0.05, 0.1) is 5.56 Å². The molecule has 0 saturated heterocycles. The van der Waals surface area contributed by atoms with E-state index in [9.17, 15) is 0 Å². The van der Waals surface area contributed by atoms with Gasteiger partial charge in [0.15, 0.2) is 0 Å². The minimum absolute atomic E-state index is 0.953. The van der Waals surface area contributed by atoms with Crippen LogP contribution in [0.5, 0.6) is 0 Å². The number of nitrogens with zero attached hydrogens (tertiary/aromatic N) is 1. The predicted molar refractivity (Wildman–Crippen MR) is 81.9 cm³/mol. The summed E-state index contributed by atoms with van der Waals surface area (Å²) in [5.41, 5.74) is 1.93. The van der Waals surface area contributed by atoms with Gasteiger partial charge in [-0.25, -0.2) is 0 Å². The van der Waals surface area contributed by atoms with E-state index in [1.165, 1.54) is 0 Å². The average Bonchev–Trinajstić information content (AvgIpc) is 2.46. The Morgan fingerprint density at radius 1 is 0.789 bits per heavy atom. The van der Waals surface area contributed by atoms with Crippen LogP contribution in [0.25, 0.3) is 10.8 Å². The molecule has 3 rings (SSSR count). The monoisotopic (exact) mass is 307 g/mol. The second-order valence-electron chi connectivity index (χ2n) is 4.14. The number of hydrogen-bond acceptors (Lipinski definition) is 1. The fourth-order valence-corrected chi connectivity index (χ4v) is 2.30. The summed E-state index contributed by atoms with van der Waals surface area (Å²) in [5, 5.41) is 2.25. The van der Waals surface area contributed by atoms with Crippen molar-refractivity contribution in [3.8, 4) is 11.8 Å². The fourth-order valence-electron chi connectivity index (χ4n) is 1.91. The highest BCUT2D eigenvalue weighted by Crippen LogP contribution is 2.17. The first kappa shape index (κ1) is 12.0. The molecule has 0 fully saturated rings. The molecule has 2 aromatic carbocycles. The highest BCUT2D eigenvalue weighted by atomic mass is 79.9. The van der Waals surface area contributed by atoms with E-state index in [1.807, 2.05) is 54.9 Å². The summed E-state index contributed by atoms with van der Waals surface area (Å²) in [7, 11) is 0. The Labute approximate surface area is 120 Å². The molecule has 1 nitrogen and oxygen atoms in total. The summed E-state index contributed by atoms with van der Waals surface area (Å²) in [5.74, 6) is 6.39. The first-order valence-electron chi connectivity index (χ1n) is 5.94. The smallest absolute Gasteiger partial charge is 0.0510 e. The zero-order valence-electron chi connectivity index (χ0n) is 10.1.